The lowest BCUT2D eigenvalue weighted by Crippen LogP contribution is -2.34. The predicted octanol–water partition coefficient (Wildman–Crippen LogP) is 1.23. The maximum Gasteiger partial charge on any atom is 0.325 e. The van der Waals surface area contributed by atoms with Crippen molar-refractivity contribution in [3.05, 3.63) is 35.4 Å². The highest BCUT2D eigenvalue weighted by atomic mass is 31.2. The van der Waals surface area contributed by atoms with Crippen LogP contribution in [0, 0.1) is 0 Å². The summed E-state index contributed by atoms with van der Waals surface area (Å²) in [5, 5.41) is 0. The fourth-order valence-electron chi connectivity index (χ4n) is 2.05. The number of benzene rings is 1. The second kappa shape index (κ2) is 8.29. The van der Waals surface area contributed by atoms with E-state index in [1.165, 1.54) is 0 Å². The highest BCUT2D eigenvalue weighted by Gasteiger charge is 2.17. The lowest BCUT2D eigenvalue weighted by molar-refractivity contribution is -0.144. The van der Waals surface area contributed by atoms with Gasteiger partial charge in [0.25, 0.3) is 0 Å². The molecule has 0 amide bonds. The number of hydrogen-bond donors (Lipinski definition) is 3. The predicted molar refractivity (Wildman–Crippen MR) is 80.0 cm³/mol. The van der Waals surface area contributed by atoms with E-state index in [2.05, 4.69) is 0 Å². The van der Waals surface area contributed by atoms with Crippen molar-refractivity contribution in [1.82, 2.24) is 0 Å². The van der Waals surface area contributed by atoms with Gasteiger partial charge in [0.15, 0.2) is 0 Å². The van der Waals surface area contributed by atoms with Gasteiger partial charge in [-0.3, -0.25) is 9.36 Å². The molecule has 1 unspecified atom stereocenters. The van der Waals surface area contributed by atoms with Gasteiger partial charge >= 0.3 is 13.6 Å². The van der Waals surface area contributed by atoms with E-state index in [4.69, 9.17) is 20.3 Å². The standard InChI is InChI=1S/C14H22NO5P/c1-2-20-14(16)13(15)10-12-7-4-3-6-11(12)8-5-9-21(17,18)19/h3-4,6-7,13H,2,5,8-10,15H2,1H3,(H2,17,18,19). The Kier molecular flexibility index (Phi) is 7.05. The second-order valence-electron chi connectivity index (χ2n) is 4.82. The van der Waals surface area contributed by atoms with Crippen molar-refractivity contribution >= 4 is 13.6 Å². The van der Waals surface area contributed by atoms with Gasteiger partial charge < -0.3 is 20.3 Å². The van der Waals surface area contributed by atoms with E-state index in [0.29, 0.717) is 19.3 Å². The molecule has 118 valence electrons. The number of ether oxygens (including phenoxy) is 1. The van der Waals surface area contributed by atoms with Gasteiger partial charge in [0.1, 0.15) is 6.04 Å². The van der Waals surface area contributed by atoms with Crippen LogP contribution in [0.2, 0.25) is 0 Å². The van der Waals surface area contributed by atoms with Crippen molar-refractivity contribution in [3.8, 4) is 0 Å². The smallest absolute Gasteiger partial charge is 0.325 e. The third-order valence-corrected chi connectivity index (χ3v) is 3.94. The van der Waals surface area contributed by atoms with Crippen LogP contribution in [0.25, 0.3) is 0 Å². The summed E-state index contributed by atoms with van der Waals surface area (Å²) in [5.41, 5.74) is 7.66. The molecule has 0 heterocycles. The number of aryl methyl sites for hydroxylation is 1. The van der Waals surface area contributed by atoms with E-state index in [-0.39, 0.29) is 12.8 Å². The summed E-state index contributed by atoms with van der Waals surface area (Å²) in [6.07, 6.45) is 1.13. The fraction of sp³-hybridized carbons (Fsp3) is 0.500. The molecule has 0 bridgehead atoms. The van der Waals surface area contributed by atoms with Crippen LogP contribution in [0.1, 0.15) is 24.5 Å². The summed E-state index contributed by atoms with van der Waals surface area (Å²) in [6, 6.07) is 6.72. The first-order valence-corrected chi connectivity index (χ1v) is 8.67. The molecule has 1 rings (SSSR count). The highest BCUT2D eigenvalue weighted by Crippen LogP contribution is 2.35. The first kappa shape index (κ1) is 17.9. The van der Waals surface area contributed by atoms with Crippen molar-refractivity contribution in [2.45, 2.75) is 32.2 Å². The van der Waals surface area contributed by atoms with E-state index < -0.39 is 19.6 Å². The van der Waals surface area contributed by atoms with Crippen LogP contribution in [0.4, 0.5) is 0 Å². The fourth-order valence-corrected chi connectivity index (χ4v) is 2.62. The minimum atomic E-state index is -3.97. The third kappa shape index (κ3) is 6.87. The molecule has 0 aliphatic heterocycles. The summed E-state index contributed by atoms with van der Waals surface area (Å²) >= 11 is 0. The SMILES string of the molecule is CCOC(=O)C(N)Cc1ccccc1CCCP(=O)(O)O. The Hall–Kier alpha value is -1.20. The monoisotopic (exact) mass is 315 g/mol. The van der Waals surface area contributed by atoms with Gasteiger partial charge in [0.05, 0.1) is 12.8 Å². The van der Waals surface area contributed by atoms with Gasteiger partial charge in [0.2, 0.25) is 0 Å². The van der Waals surface area contributed by atoms with E-state index >= 15 is 0 Å². The summed E-state index contributed by atoms with van der Waals surface area (Å²) in [4.78, 5) is 29.3. The molecule has 0 spiro atoms. The van der Waals surface area contributed by atoms with Gasteiger partial charge in [0, 0.05) is 0 Å². The van der Waals surface area contributed by atoms with E-state index in [1.54, 1.807) is 6.92 Å². The number of nitrogens with two attached hydrogens (primary N) is 1. The largest absolute Gasteiger partial charge is 0.465 e. The van der Waals surface area contributed by atoms with Crippen LogP contribution in [-0.2, 0) is 26.9 Å². The van der Waals surface area contributed by atoms with Crippen molar-refractivity contribution in [2.24, 2.45) is 5.73 Å². The van der Waals surface area contributed by atoms with Gasteiger partial charge in [-0.05, 0) is 37.3 Å². The van der Waals surface area contributed by atoms with Gasteiger partial charge in [-0.15, -0.1) is 0 Å². The van der Waals surface area contributed by atoms with E-state index in [9.17, 15) is 9.36 Å². The Morgan fingerprint density at radius 3 is 2.52 bits per heavy atom. The number of carbonyl (C=O) groups excluding carboxylic acids is 1. The molecule has 0 saturated carbocycles. The normalized spacial score (nSPS) is 13.0. The molecule has 0 saturated heterocycles. The summed E-state index contributed by atoms with van der Waals surface area (Å²) < 4.78 is 15.7. The minimum Gasteiger partial charge on any atom is -0.465 e. The lowest BCUT2D eigenvalue weighted by atomic mass is 9.98. The molecule has 1 aromatic rings. The summed E-state index contributed by atoms with van der Waals surface area (Å²) in [6.45, 7) is 2.01. The van der Waals surface area contributed by atoms with Crippen LogP contribution >= 0.6 is 7.60 Å². The number of hydrogen-bond acceptors (Lipinski definition) is 4. The zero-order chi connectivity index (χ0) is 15.9. The summed E-state index contributed by atoms with van der Waals surface area (Å²) in [5.74, 6) is -0.442. The molecule has 4 N–H and O–H groups in total. The zero-order valence-electron chi connectivity index (χ0n) is 12.1. The number of carbonyl (C=O) groups is 1. The Bertz CT molecular complexity index is 514. The molecule has 7 heteroatoms. The molecule has 1 aromatic carbocycles. The Morgan fingerprint density at radius 2 is 1.95 bits per heavy atom. The topological polar surface area (TPSA) is 110 Å². The van der Waals surface area contributed by atoms with Gasteiger partial charge in [-0.25, -0.2) is 0 Å². The van der Waals surface area contributed by atoms with Crippen molar-refractivity contribution in [2.75, 3.05) is 12.8 Å². The van der Waals surface area contributed by atoms with Crippen LogP contribution in [0.5, 0.6) is 0 Å². The molecule has 6 nitrogen and oxygen atoms in total. The van der Waals surface area contributed by atoms with Crippen LogP contribution < -0.4 is 5.73 Å². The highest BCUT2D eigenvalue weighted by molar-refractivity contribution is 7.51. The van der Waals surface area contributed by atoms with E-state index in [0.717, 1.165) is 11.1 Å². The second-order valence-corrected chi connectivity index (χ2v) is 6.60. The molecular weight excluding hydrogens is 293 g/mol. The lowest BCUT2D eigenvalue weighted by Gasteiger charge is -2.14. The van der Waals surface area contributed by atoms with Gasteiger partial charge in [-0.1, -0.05) is 24.3 Å². The quantitative estimate of drug-likeness (QED) is 0.491. The Morgan fingerprint density at radius 1 is 1.33 bits per heavy atom. The van der Waals surface area contributed by atoms with E-state index in [1.807, 2.05) is 24.3 Å². The molecule has 1 atom stereocenters. The van der Waals surface area contributed by atoms with Crippen LogP contribution in [-0.4, -0.2) is 34.6 Å². The third-order valence-electron chi connectivity index (χ3n) is 3.04. The van der Waals surface area contributed by atoms with Crippen molar-refractivity contribution in [3.63, 3.8) is 0 Å². The van der Waals surface area contributed by atoms with Gasteiger partial charge in [-0.2, -0.15) is 0 Å². The van der Waals surface area contributed by atoms with Crippen LogP contribution in [0.15, 0.2) is 24.3 Å². The molecule has 0 aliphatic carbocycles. The summed E-state index contributed by atoms with van der Waals surface area (Å²) in [7, 11) is -3.97. The molecule has 0 aliphatic rings. The van der Waals surface area contributed by atoms with Crippen LogP contribution in [0.3, 0.4) is 0 Å². The molecule has 21 heavy (non-hydrogen) atoms. The Balaban J connectivity index is 2.66. The first-order chi connectivity index (χ1) is 9.83. The number of rotatable bonds is 8. The molecule has 0 fully saturated rings. The zero-order valence-corrected chi connectivity index (χ0v) is 13.0. The van der Waals surface area contributed by atoms with Crippen molar-refractivity contribution in [1.29, 1.82) is 0 Å². The molecule has 0 radical (unpaired) electrons. The molecule has 0 aromatic heterocycles. The maximum atomic E-state index is 11.6. The average molecular weight is 315 g/mol. The number of esters is 1. The first-order valence-electron chi connectivity index (χ1n) is 6.87. The molecular formula is C14H22NO5P. The maximum absolute atomic E-state index is 11.6. The average Bonchev–Trinajstić information content (AvgIpc) is 2.39. The minimum absolute atomic E-state index is 0.148. The van der Waals surface area contributed by atoms with Crippen molar-refractivity contribution < 1.29 is 23.9 Å². The Labute approximate surface area is 124 Å².